The van der Waals surface area contributed by atoms with Crippen LogP contribution in [0.5, 0.6) is 11.5 Å². The molecule has 0 spiro atoms. The van der Waals surface area contributed by atoms with Gasteiger partial charge in [-0.15, -0.1) is 0 Å². The molecule has 0 bridgehead atoms. The minimum Gasteiger partial charge on any atom is -0.497 e. The van der Waals surface area contributed by atoms with E-state index in [4.69, 9.17) is 21.1 Å². The van der Waals surface area contributed by atoms with Gasteiger partial charge in [0.1, 0.15) is 11.5 Å². The van der Waals surface area contributed by atoms with Crippen LogP contribution in [0.1, 0.15) is 22.4 Å². The van der Waals surface area contributed by atoms with Crippen LogP contribution in [-0.2, 0) is 43.1 Å². The summed E-state index contributed by atoms with van der Waals surface area (Å²) in [4.78, 5) is 19.3. The van der Waals surface area contributed by atoms with Gasteiger partial charge in [0.05, 0.1) is 30.6 Å². The largest absolute Gasteiger partial charge is 0.497 e. The number of sulfonamides is 1. The van der Waals surface area contributed by atoms with Crippen molar-refractivity contribution in [1.82, 2.24) is 19.2 Å². The molecule has 1 aromatic heterocycles. The Kier molecular flexibility index (Phi) is 11.0. The van der Waals surface area contributed by atoms with Crippen LogP contribution >= 0.6 is 11.6 Å². The Morgan fingerprint density at radius 3 is 2.31 bits per heavy atom. The molecule has 6 aromatic rings. The predicted molar refractivity (Wildman–Crippen MR) is 210 cm³/mol. The minimum absolute atomic E-state index is 0.132. The van der Waals surface area contributed by atoms with Crippen molar-refractivity contribution in [2.24, 2.45) is 7.05 Å². The molecule has 0 radical (unpaired) electrons. The number of carbonyl (C=O) groups excluding carboxylic acids is 1. The van der Waals surface area contributed by atoms with E-state index in [9.17, 15) is 13.2 Å². The second-order valence-corrected chi connectivity index (χ2v) is 15.5. The Balaban J connectivity index is 1.23. The number of amides is 1. The smallest absolute Gasteiger partial charge is 0.412 e. The average Bonchev–Trinajstić information content (AvgIpc) is 3.52. The number of fused-ring (bicyclic) bond motifs is 1. The van der Waals surface area contributed by atoms with Gasteiger partial charge < -0.3 is 24.3 Å². The van der Waals surface area contributed by atoms with Gasteiger partial charge in [0, 0.05) is 49.6 Å². The lowest BCUT2D eigenvalue weighted by Gasteiger charge is -2.32. The molecule has 0 unspecified atom stereocenters. The number of aromatic nitrogens is 2. The van der Waals surface area contributed by atoms with Gasteiger partial charge in [-0.05, 0) is 94.9 Å². The van der Waals surface area contributed by atoms with Crippen LogP contribution in [0.2, 0.25) is 5.02 Å². The fraction of sp³-hybridized carbons (Fsp3) is 0.190. The fourth-order valence-electron chi connectivity index (χ4n) is 6.70. The number of nitrogens with one attached hydrogen (secondary N) is 1. The lowest BCUT2D eigenvalue weighted by Crippen LogP contribution is -2.45. The molecule has 1 atom stereocenters. The number of rotatable bonds is 11. The number of hydrogen-bond donors (Lipinski definition) is 1. The Morgan fingerprint density at radius 2 is 1.61 bits per heavy atom. The maximum Gasteiger partial charge on any atom is 0.412 e. The van der Waals surface area contributed by atoms with Gasteiger partial charge in [0.15, 0.2) is 0 Å². The van der Waals surface area contributed by atoms with Crippen molar-refractivity contribution in [3.63, 3.8) is 0 Å². The summed E-state index contributed by atoms with van der Waals surface area (Å²) in [6.45, 7) is 1.38. The normalized spacial score (nSPS) is 14.6. The quantitative estimate of drug-likeness (QED) is 0.143. The first kappa shape index (κ1) is 36.7. The third kappa shape index (κ3) is 8.44. The number of carbonyl (C=O) groups is 1. The third-order valence-electron chi connectivity index (χ3n) is 9.56. The Bertz CT molecular complexity index is 2330. The van der Waals surface area contributed by atoms with Crippen LogP contribution in [-0.4, -0.2) is 48.1 Å². The number of aryl methyl sites for hydroxylation is 1. The van der Waals surface area contributed by atoms with Gasteiger partial charge in [0.2, 0.25) is 10.0 Å². The van der Waals surface area contributed by atoms with Crippen LogP contribution < -0.4 is 19.7 Å². The van der Waals surface area contributed by atoms with Crippen molar-refractivity contribution < 1.29 is 22.7 Å². The van der Waals surface area contributed by atoms with Crippen LogP contribution in [0, 0.1) is 0 Å². The lowest BCUT2D eigenvalue weighted by molar-refractivity contribution is 0.200. The first-order valence-corrected chi connectivity index (χ1v) is 19.3. The predicted octanol–water partition coefficient (Wildman–Crippen LogP) is 7.86. The molecule has 1 aliphatic rings. The Hall–Kier alpha value is -5.62. The summed E-state index contributed by atoms with van der Waals surface area (Å²) in [7, 11) is -0.519. The maximum absolute atomic E-state index is 14.7. The summed E-state index contributed by atoms with van der Waals surface area (Å²) in [5.74, 6) is 0.947. The number of halogens is 1. The van der Waals surface area contributed by atoms with E-state index < -0.39 is 22.2 Å². The van der Waals surface area contributed by atoms with Crippen LogP contribution in [0.3, 0.4) is 0 Å². The molecule has 7 rings (SSSR count). The molecule has 0 fully saturated rings. The fourth-order valence-corrected chi connectivity index (χ4v) is 8.48. The standard InChI is InChI=1S/C42H40ClN5O5S/c1-46-29-44-25-37(46)28-47-27-36(21-30-11-14-39(15-12-30)53-42(49)45-24-31-7-4-3-5-8-31)48(54(50,51)40-18-16-38(52-2)17-19-40)26-34-22-33(13-20-41(34)47)32-9-6-10-35(43)23-32/h3-20,22-23,25,29,36H,21,24,26-28H2,1-2H3,(H,45,49)/t36-/m1/s1. The van der Waals surface area contributed by atoms with Crippen LogP contribution in [0.25, 0.3) is 11.1 Å². The number of nitrogens with zero attached hydrogens (tertiary/aromatic N) is 4. The second-order valence-electron chi connectivity index (χ2n) is 13.2. The molecule has 0 saturated carbocycles. The van der Waals surface area contributed by atoms with Gasteiger partial charge in [-0.1, -0.05) is 72.3 Å². The van der Waals surface area contributed by atoms with E-state index in [0.717, 1.165) is 39.2 Å². The molecule has 0 saturated heterocycles. The topological polar surface area (TPSA) is 106 Å². The number of benzene rings is 5. The molecule has 276 valence electrons. The molecule has 0 aliphatic carbocycles. The Labute approximate surface area is 320 Å². The number of methoxy groups -OCH3 is 1. The van der Waals surface area contributed by atoms with Crippen molar-refractivity contribution in [3.8, 4) is 22.6 Å². The lowest BCUT2D eigenvalue weighted by atomic mass is 10.0. The summed E-state index contributed by atoms with van der Waals surface area (Å²) in [5.41, 5.74) is 6.49. The van der Waals surface area contributed by atoms with Crippen molar-refractivity contribution in [3.05, 3.63) is 161 Å². The monoisotopic (exact) mass is 761 g/mol. The molecule has 1 amide bonds. The van der Waals surface area contributed by atoms with Gasteiger partial charge in [0.25, 0.3) is 0 Å². The van der Waals surface area contributed by atoms with Crippen molar-refractivity contribution in [2.75, 3.05) is 18.6 Å². The zero-order valence-electron chi connectivity index (χ0n) is 29.9. The molecule has 10 nitrogen and oxygen atoms in total. The zero-order valence-corrected chi connectivity index (χ0v) is 31.5. The van der Waals surface area contributed by atoms with E-state index in [-0.39, 0.29) is 11.4 Å². The highest BCUT2D eigenvalue weighted by Crippen LogP contribution is 2.36. The number of anilines is 1. The third-order valence-corrected chi connectivity index (χ3v) is 11.7. The minimum atomic E-state index is -4.02. The summed E-state index contributed by atoms with van der Waals surface area (Å²) in [6, 6.07) is 36.6. The summed E-state index contributed by atoms with van der Waals surface area (Å²) >= 11 is 6.38. The summed E-state index contributed by atoms with van der Waals surface area (Å²) in [6.07, 6.45) is 3.43. The summed E-state index contributed by atoms with van der Waals surface area (Å²) < 4.78 is 43.9. The number of imidazole rings is 1. The molecular formula is C42H40ClN5O5S. The van der Waals surface area contributed by atoms with Crippen LogP contribution in [0.4, 0.5) is 10.5 Å². The van der Waals surface area contributed by atoms with E-state index in [2.05, 4.69) is 33.4 Å². The molecule has 5 aromatic carbocycles. The van der Waals surface area contributed by atoms with E-state index in [1.807, 2.05) is 84.5 Å². The van der Waals surface area contributed by atoms with E-state index >= 15 is 0 Å². The number of hydrogen-bond acceptors (Lipinski definition) is 7. The van der Waals surface area contributed by atoms with Crippen LogP contribution in [0.15, 0.2) is 139 Å². The van der Waals surface area contributed by atoms with Gasteiger partial charge in [-0.25, -0.2) is 18.2 Å². The maximum atomic E-state index is 14.7. The molecular weight excluding hydrogens is 722 g/mol. The van der Waals surface area contributed by atoms with E-state index in [0.29, 0.717) is 42.6 Å². The van der Waals surface area contributed by atoms with E-state index in [1.165, 1.54) is 0 Å². The van der Waals surface area contributed by atoms with Gasteiger partial charge in [-0.2, -0.15) is 4.31 Å². The highest BCUT2D eigenvalue weighted by atomic mass is 35.5. The van der Waals surface area contributed by atoms with Gasteiger partial charge in [-0.3, -0.25) is 0 Å². The van der Waals surface area contributed by atoms with E-state index in [1.54, 1.807) is 54.1 Å². The second kappa shape index (κ2) is 16.2. The molecule has 2 heterocycles. The first-order chi connectivity index (χ1) is 26.2. The SMILES string of the molecule is COc1ccc(S(=O)(=O)N2Cc3cc(-c4cccc(Cl)c4)ccc3N(Cc3cncn3C)C[C@H]2Cc2ccc(OC(=O)NCc3ccccc3)cc2)cc1. The van der Waals surface area contributed by atoms with Crippen molar-refractivity contribution in [2.45, 2.75) is 37.0 Å². The van der Waals surface area contributed by atoms with Crippen molar-refractivity contribution >= 4 is 33.4 Å². The van der Waals surface area contributed by atoms with Gasteiger partial charge >= 0.3 is 6.09 Å². The zero-order chi connectivity index (χ0) is 37.7. The highest BCUT2D eigenvalue weighted by molar-refractivity contribution is 7.89. The number of ether oxygens (including phenoxy) is 2. The highest BCUT2D eigenvalue weighted by Gasteiger charge is 2.37. The first-order valence-electron chi connectivity index (χ1n) is 17.5. The summed E-state index contributed by atoms with van der Waals surface area (Å²) in [5, 5.41) is 3.39. The molecule has 12 heteroatoms. The van der Waals surface area contributed by atoms with Crippen molar-refractivity contribution in [1.29, 1.82) is 0 Å². The molecule has 1 aliphatic heterocycles. The molecule has 1 N–H and O–H groups in total. The average molecular weight is 762 g/mol. The molecule has 54 heavy (non-hydrogen) atoms. The Morgan fingerprint density at radius 1 is 0.870 bits per heavy atom.